The Morgan fingerprint density at radius 3 is 2.25 bits per heavy atom. The molecule has 5 nitrogen and oxygen atoms in total. The number of carbonyl (C=O) groups is 2. The lowest BCUT2D eigenvalue weighted by molar-refractivity contribution is -0.871. The van der Waals surface area contributed by atoms with E-state index < -0.39 is 5.97 Å². The summed E-state index contributed by atoms with van der Waals surface area (Å²) in [7, 11) is 5.92. The third kappa shape index (κ3) is 8.23. The predicted molar refractivity (Wildman–Crippen MR) is 62.0 cm³/mol. The van der Waals surface area contributed by atoms with Crippen molar-refractivity contribution in [1.29, 1.82) is 0 Å². The minimum Gasteiger partial charge on any atom is -0.481 e. The average molecular weight is 231 g/mol. The molecule has 0 saturated heterocycles. The van der Waals surface area contributed by atoms with E-state index in [2.05, 4.69) is 5.32 Å². The molecule has 5 heteroatoms. The Morgan fingerprint density at radius 1 is 1.31 bits per heavy atom. The zero-order valence-electron chi connectivity index (χ0n) is 10.6. The summed E-state index contributed by atoms with van der Waals surface area (Å²) in [6, 6.07) is -0.295. The van der Waals surface area contributed by atoms with E-state index >= 15 is 0 Å². The molecule has 0 aromatic heterocycles. The smallest absolute Gasteiger partial charge is 0.305 e. The van der Waals surface area contributed by atoms with E-state index in [1.807, 2.05) is 28.1 Å². The van der Waals surface area contributed by atoms with Gasteiger partial charge in [0.25, 0.3) is 0 Å². The van der Waals surface area contributed by atoms with Crippen LogP contribution >= 0.6 is 0 Å². The van der Waals surface area contributed by atoms with Gasteiger partial charge >= 0.3 is 5.97 Å². The molecule has 0 aromatic carbocycles. The Morgan fingerprint density at radius 2 is 1.88 bits per heavy atom. The Kier molecular flexibility index (Phi) is 6.03. The van der Waals surface area contributed by atoms with E-state index in [0.717, 1.165) is 6.42 Å². The van der Waals surface area contributed by atoms with Gasteiger partial charge in [-0.3, -0.25) is 9.59 Å². The fourth-order valence-electron chi connectivity index (χ4n) is 1.56. The topological polar surface area (TPSA) is 66.4 Å². The molecular formula is C11H23N2O3+. The second kappa shape index (κ2) is 6.48. The van der Waals surface area contributed by atoms with Gasteiger partial charge in [0.15, 0.2) is 0 Å². The third-order valence-corrected chi connectivity index (χ3v) is 2.03. The average Bonchev–Trinajstić information content (AvgIpc) is 1.98. The number of amides is 1. The third-order valence-electron chi connectivity index (χ3n) is 2.03. The number of aliphatic carboxylic acids is 1. The van der Waals surface area contributed by atoms with Crippen LogP contribution in [-0.4, -0.2) is 55.2 Å². The van der Waals surface area contributed by atoms with Gasteiger partial charge in [0.2, 0.25) is 5.91 Å². The van der Waals surface area contributed by atoms with Gasteiger partial charge in [-0.05, 0) is 6.42 Å². The van der Waals surface area contributed by atoms with Crippen molar-refractivity contribution in [3.05, 3.63) is 0 Å². The van der Waals surface area contributed by atoms with Crippen molar-refractivity contribution in [2.45, 2.75) is 32.2 Å². The largest absolute Gasteiger partial charge is 0.481 e. The van der Waals surface area contributed by atoms with Crippen molar-refractivity contribution < 1.29 is 19.2 Å². The fraction of sp³-hybridized carbons (Fsp3) is 0.818. The molecule has 0 saturated carbocycles. The normalized spacial score (nSPS) is 13.2. The van der Waals surface area contributed by atoms with Crippen LogP contribution in [0.2, 0.25) is 0 Å². The van der Waals surface area contributed by atoms with Gasteiger partial charge in [0, 0.05) is 6.42 Å². The summed E-state index contributed by atoms with van der Waals surface area (Å²) < 4.78 is 0.629. The summed E-state index contributed by atoms with van der Waals surface area (Å²) in [6.07, 6.45) is 1.20. The number of hydrogen-bond donors (Lipinski definition) is 2. The maximum absolute atomic E-state index is 11.4. The second-order valence-corrected chi connectivity index (χ2v) is 5.09. The van der Waals surface area contributed by atoms with Gasteiger partial charge in [-0.2, -0.15) is 0 Å². The minimum atomic E-state index is -0.879. The predicted octanol–water partition coefficient (Wildman–Crippen LogP) is 0.452. The summed E-state index contributed by atoms with van der Waals surface area (Å²) in [6.45, 7) is 2.54. The maximum Gasteiger partial charge on any atom is 0.305 e. The fourth-order valence-corrected chi connectivity index (χ4v) is 1.56. The van der Waals surface area contributed by atoms with E-state index in [4.69, 9.17) is 5.11 Å². The lowest BCUT2D eigenvalue weighted by Gasteiger charge is -2.29. The highest BCUT2D eigenvalue weighted by atomic mass is 16.4. The molecule has 0 aliphatic carbocycles. The van der Waals surface area contributed by atoms with Crippen molar-refractivity contribution in [3.8, 4) is 0 Å². The second-order valence-electron chi connectivity index (χ2n) is 5.09. The molecule has 16 heavy (non-hydrogen) atoms. The molecule has 2 N–H and O–H groups in total. The van der Waals surface area contributed by atoms with Gasteiger partial charge < -0.3 is 14.9 Å². The molecule has 0 radical (unpaired) electrons. The molecule has 0 aliphatic heterocycles. The van der Waals surface area contributed by atoms with Gasteiger partial charge in [0.1, 0.15) is 0 Å². The van der Waals surface area contributed by atoms with E-state index in [-0.39, 0.29) is 18.4 Å². The van der Waals surface area contributed by atoms with E-state index in [1.165, 1.54) is 0 Å². The first-order valence-electron chi connectivity index (χ1n) is 5.56. The number of nitrogens with zero attached hydrogens (tertiary/aromatic N) is 1. The number of hydrogen-bond acceptors (Lipinski definition) is 2. The first kappa shape index (κ1) is 14.9. The molecule has 0 heterocycles. The van der Waals surface area contributed by atoms with Crippen LogP contribution in [0.4, 0.5) is 0 Å². The monoisotopic (exact) mass is 231 g/mol. The lowest BCUT2D eigenvalue weighted by Crippen LogP contribution is -2.49. The van der Waals surface area contributed by atoms with Gasteiger partial charge in [-0.25, -0.2) is 0 Å². The zero-order valence-corrected chi connectivity index (χ0v) is 10.6. The zero-order chi connectivity index (χ0) is 12.8. The number of carboxylic acids is 1. The summed E-state index contributed by atoms with van der Waals surface area (Å²) in [5.41, 5.74) is 0. The van der Waals surface area contributed by atoms with E-state index in [1.54, 1.807) is 0 Å². The molecule has 94 valence electrons. The van der Waals surface area contributed by atoms with Gasteiger partial charge in [0.05, 0.1) is 40.2 Å². The summed E-state index contributed by atoms with van der Waals surface area (Å²) in [4.78, 5) is 22.1. The van der Waals surface area contributed by atoms with Crippen LogP contribution in [-0.2, 0) is 9.59 Å². The van der Waals surface area contributed by atoms with Crippen LogP contribution in [0.15, 0.2) is 0 Å². The Bertz CT molecular complexity index is 246. The van der Waals surface area contributed by atoms with Crippen LogP contribution in [0.5, 0.6) is 0 Å². The maximum atomic E-state index is 11.4. The Labute approximate surface area is 97.0 Å². The van der Waals surface area contributed by atoms with Crippen molar-refractivity contribution in [2.24, 2.45) is 0 Å². The van der Waals surface area contributed by atoms with Crippen molar-refractivity contribution in [2.75, 3.05) is 27.7 Å². The highest BCUT2D eigenvalue weighted by Crippen LogP contribution is 2.01. The quantitative estimate of drug-likeness (QED) is 0.625. The van der Waals surface area contributed by atoms with Crippen molar-refractivity contribution >= 4 is 11.9 Å². The van der Waals surface area contributed by atoms with Gasteiger partial charge in [-0.1, -0.05) is 6.92 Å². The first-order chi connectivity index (χ1) is 7.24. The SMILES string of the molecule is CCCC(=O)N[C@@H](CC(=O)O)C[N+](C)(C)C. The van der Waals surface area contributed by atoms with Crippen LogP contribution in [0.25, 0.3) is 0 Å². The summed E-state index contributed by atoms with van der Waals surface area (Å²) in [5.74, 6) is -0.947. The standard InChI is InChI=1S/C11H22N2O3/c1-5-6-10(14)12-9(7-11(15)16)8-13(2,3)4/h9H,5-8H2,1-4H3,(H-,12,14,15,16)/p+1/t9-/m0/s1. The van der Waals surface area contributed by atoms with Crippen LogP contribution in [0, 0.1) is 0 Å². The molecule has 0 aliphatic rings. The number of rotatable bonds is 7. The number of quaternary nitrogens is 1. The first-order valence-corrected chi connectivity index (χ1v) is 5.56. The number of carboxylic acid groups (broad SMARTS) is 1. The molecule has 0 fully saturated rings. The molecular weight excluding hydrogens is 208 g/mol. The summed E-state index contributed by atoms with van der Waals surface area (Å²) in [5, 5.41) is 11.5. The molecule has 0 rings (SSSR count). The van der Waals surface area contributed by atoms with Crippen molar-refractivity contribution in [1.82, 2.24) is 5.32 Å². The number of likely N-dealkylation sites (N-methyl/N-ethyl adjacent to an activating group) is 1. The van der Waals surface area contributed by atoms with Crippen LogP contribution in [0.3, 0.4) is 0 Å². The molecule has 0 unspecified atom stereocenters. The molecule has 1 atom stereocenters. The minimum absolute atomic E-state index is 0.0228. The molecule has 0 aromatic rings. The van der Waals surface area contributed by atoms with Crippen LogP contribution < -0.4 is 5.32 Å². The molecule has 0 spiro atoms. The highest BCUT2D eigenvalue weighted by molar-refractivity contribution is 5.77. The lowest BCUT2D eigenvalue weighted by atomic mass is 10.1. The van der Waals surface area contributed by atoms with E-state index in [9.17, 15) is 9.59 Å². The van der Waals surface area contributed by atoms with Crippen LogP contribution in [0.1, 0.15) is 26.2 Å². The number of carbonyl (C=O) groups excluding carboxylic acids is 1. The van der Waals surface area contributed by atoms with Crippen molar-refractivity contribution in [3.63, 3.8) is 0 Å². The molecule has 1 amide bonds. The van der Waals surface area contributed by atoms with Gasteiger partial charge in [-0.15, -0.1) is 0 Å². The molecule has 0 bridgehead atoms. The highest BCUT2D eigenvalue weighted by Gasteiger charge is 2.22. The Balaban J connectivity index is 4.31. The van der Waals surface area contributed by atoms with E-state index in [0.29, 0.717) is 17.4 Å². The Hall–Kier alpha value is -1.10. The summed E-state index contributed by atoms with van der Waals surface area (Å²) >= 11 is 0. The number of nitrogens with one attached hydrogen (secondary N) is 1.